The molecule has 3 rings (SSSR count). The van der Waals surface area contributed by atoms with E-state index in [2.05, 4.69) is 10.4 Å². The van der Waals surface area contributed by atoms with Crippen molar-refractivity contribution in [2.24, 2.45) is 10.8 Å². The summed E-state index contributed by atoms with van der Waals surface area (Å²) in [7, 11) is 0. The zero-order chi connectivity index (χ0) is 19.4. The highest BCUT2D eigenvalue weighted by Crippen LogP contribution is 2.24. The van der Waals surface area contributed by atoms with Crippen LogP contribution in [0.2, 0.25) is 0 Å². The van der Waals surface area contributed by atoms with Crippen LogP contribution >= 0.6 is 0 Å². The maximum absolute atomic E-state index is 13.6. The molecule has 8 heteroatoms. The van der Waals surface area contributed by atoms with E-state index in [-0.39, 0.29) is 24.5 Å². The molecular formula is C19H18F2N4O2. The Hall–Kier alpha value is -3.29. The Bertz CT molecular complexity index is 884. The minimum atomic E-state index is -0.831. The van der Waals surface area contributed by atoms with Gasteiger partial charge in [0.05, 0.1) is 5.69 Å². The summed E-state index contributed by atoms with van der Waals surface area (Å²) in [6.07, 6.45) is 0.366. The predicted molar refractivity (Wildman–Crippen MR) is 97.0 cm³/mol. The minimum absolute atomic E-state index is 0.0399. The molecule has 3 N–H and O–H groups in total. The van der Waals surface area contributed by atoms with E-state index in [1.54, 1.807) is 18.2 Å². The van der Waals surface area contributed by atoms with Gasteiger partial charge in [0.25, 0.3) is 5.91 Å². The number of benzene rings is 2. The van der Waals surface area contributed by atoms with Crippen LogP contribution in [-0.2, 0) is 16.0 Å². The van der Waals surface area contributed by atoms with Crippen LogP contribution in [0.15, 0.2) is 53.6 Å². The summed E-state index contributed by atoms with van der Waals surface area (Å²) in [6, 6.07) is 10.9. The monoisotopic (exact) mass is 372 g/mol. The summed E-state index contributed by atoms with van der Waals surface area (Å²) in [4.78, 5) is 24.1. The number of nitrogens with zero attached hydrogens (tertiary/aromatic N) is 2. The first-order valence-corrected chi connectivity index (χ1v) is 8.39. The lowest BCUT2D eigenvalue weighted by molar-refractivity contribution is -0.119. The first-order chi connectivity index (χ1) is 13.0. The van der Waals surface area contributed by atoms with Crippen molar-refractivity contribution in [3.63, 3.8) is 0 Å². The second-order valence-corrected chi connectivity index (χ2v) is 6.09. The van der Waals surface area contributed by atoms with E-state index in [1.807, 2.05) is 0 Å². The third kappa shape index (κ3) is 4.28. The molecule has 1 aliphatic rings. The third-order valence-corrected chi connectivity index (χ3v) is 4.23. The maximum Gasteiger partial charge on any atom is 0.267 e. The number of amides is 2. The smallest absolute Gasteiger partial charge is 0.267 e. The summed E-state index contributed by atoms with van der Waals surface area (Å²) < 4.78 is 26.7. The van der Waals surface area contributed by atoms with Crippen molar-refractivity contribution < 1.29 is 18.4 Å². The lowest BCUT2D eigenvalue weighted by atomic mass is 10.1. The fraction of sp³-hybridized carbons (Fsp3) is 0.211. The van der Waals surface area contributed by atoms with Gasteiger partial charge in [-0.05, 0) is 42.3 Å². The van der Waals surface area contributed by atoms with Gasteiger partial charge >= 0.3 is 0 Å². The number of anilines is 1. The summed E-state index contributed by atoms with van der Waals surface area (Å²) in [5.74, 6) is -1.86. The van der Waals surface area contributed by atoms with E-state index in [0.29, 0.717) is 17.7 Å². The molecule has 1 aliphatic heterocycles. The molecule has 0 saturated carbocycles. The van der Waals surface area contributed by atoms with Gasteiger partial charge in [0.1, 0.15) is 23.4 Å². The molecule has 6 nitrogen and oxygen atoms in total. The molecule has 1 atom stereocenters. The summed E-state index contributed by atoms with van der Waals surface area (Å²) >= 11 is 0. The number of carbonyl (C=O) groups is 2. The van der Waals surface area contributed by atoms with E-state index in [0.717, 1.165) is 0 Å². The van der Waals surface area contributed by atoms with Crippen molar-refractivity contribution >= 4 is 23.2 Å². The van der Waals surface area contributed by atoms with Gasteiger partial charge in [-0.25, -0.2) is 8.78 Å². The largest absolute Gasteiger partial charge is 0.368 e. The number of carbonyl (C=O) groups excluding carboxylic acids is 2. The van der Waals surface area contributed by atoms with Gasteiger partial charge in [0, 0.05) is 13.0 Å². The normalized spacial score (nSPS) is 16.1. The molecule has 1 heterocycles. The lowest BCUT2D eigenvalue weighted by Gasteiger charge is -2.20. The van der Waals surface area contributed by atoms with Crippen molar-refractivity contribution in [2.75, 3.05) is 11.6 Å². The Labute approximate surface area is 154 Å². The van der Waals surface area contributed by atoms with Crippen LogP contribution in [0.25, 0.3) is 0 Å². The highest BCUT2D eigenvalue weighted by atomic mass is 19.1. The molecule has 2 aromatic carbocycles. The first kappa shape index (κ1) is 18.5. The summed E-state index contributed by atoms with van der Waals surface area (Å²) in [5, 5.41) is 8.15. The zero-order valence-corrected chi connectivity index (χ0v) is 14.4. The number of halogens is 2. The van der Waals surface area contributed by atoms with Crippen molar-refractivity contribution in [3.8, 4) is 0 Å². The van der Waals surface area contributed by atoms with Gasteiger partial charge < -0.3 is 11.1 Å². The van der Waals surface area contributed by atoms with Crippen LogP contribution in [0.1, 0.15) is 12.0 Å². The number of nitrogens with one attached hydrogen (secondary N) is 1. The van der Waals surface area contributed by atoms with Gasteiger partial charge in [-0.15, -0.1) is 0 Å². The standard InChI is InChI=1S/C19H18F2N4O2/c20-13-5-7-14(8-6-13)25-17(18(22)26)11-16(24-25)19(27)23-10-9-12-3-1-2-4-15(12)21/h1-8,17H,9-11H2,(H2,22,26)(H,23,27). The highest BCUT2D eigenvalue weighted by Gasteiger charge is 2.34. The van der Waals surface area contributed by atoms with Crippen molar-refractivity contribution in [3.05, 3.63) is 65.7 Å². The minimum Gasteiger partial charge on any atom is -0.368 e. The summed E-state index contributed by atoms with van der Waals surface area (Å²) in [5.41, 5.74) is 6.49. The van der Waals surface area contributed by atoms with E-state index in [9.17, 15) is 18.4 Å². The number of primary amides is 1. The van der Waals surface area contributed by atoms with Crippen LogP contribution in [0, 0.1) is 11.6 Å². The lowest BCUT2D eigenvalue weighted by Crippen LogP contribution is -2.40. The SMILES string of the molecule is NC(=O)C1CC(C(=O)NCCc2ccccc2F)=NN1c1ccc(F)cc1. The molecule has 140 valence electrons. The molecule has 0 bridgehead atoms. The van der Waals surface area contributed by atoms with Crippen molar-refractivity contribution in [1.29, 1.82) is 0 Å². The van der Waals surface area contributed by atoms with Crippen molar-refractivity contribution in [2.45, 2.75) is 18.9 Å². The average Bonchev–Trinajstić information content (AvgIpc) is 3.10. The third-order valence-electron chi connectivity index (χ3n) is 4.23. The highest BCUT2D eigenvalue weighted by molar-refractivity contribution is 6.40. The molecule has 0 radical (unpaired) electrons. The average molecular weight is 372 g/mol. The topological polar surface area (TPSA) is 87.8 Å². The molecule has 27 heavy (non-hydrogen) atoms. The summed E-state index contributed by atoms with van der Waals surface area (Å²) in [6.45, 7) is 0.219. The Kier molecular flexibility index (Phi) is 5.44. The second-order valence-electron chi connectivity index (χ2n) is 6.09. The molecule has 2 aromatic rings. The molecule has 2 amide bonds. The van der Waals surface area contributed by atoms with E-state index in [4.69, 9.17) is 5.73 Å². The van der Waals surface area contributed by atoms with Crippen LogP contribution in [0.5, 0.6) is 0 Å². The Morgan fingerprint density at radius 2 is 1.85 bits per heavy atom. The van der Waals surface area contributed by atoms with E-state index in [1.165, 1.54) is 35.3 Å². The number of hydrazone groups is 1. The number of hydrogen-bond donors (Lipinski definition) is 2. The molecule has 0 aliphatic carbocycles. The van der Waals surface area contributed by atoms with E-state index < -0.39 is 23.7 Å². The van der Waals surface area contributed by atoms with Crippen molar-refractivity contribution in [1.82, 2.24) is 5.32 Å². The number of rotatable bonds is 6. The van der Waals surface area contributed by atoms with Gasteiger partial charge in [-0.2, -0.15) is 5.10 Å². The Morgan fingerprint density at radius 1 is 1.15 bits per heavy atom. The Balaban J connectivity index is 1.67. The van der Waals surface area contributed by atoms with Crippen LogP contribution < -0.4 is 16.1 Å². The first-order valence-electron chi connectivity index (χ1n) is 8.39. The van der Waals surface area contributed by atoms with Crippen LogP contribution in [0.4, 0.5) is 14.5 Å². The molecular weight excluding hydrogens is 354 g/mol. The molecule has 0 spiro atoms. The maximum atomic E-state index is 13.6. The quantitative estimate of drug-likeness (QED) is 0.810. The number of nitrogens with two attached hydrogens (primary N) is 1. The number of hydrogen-bond acceptors (Lipinski definition) is 4. The molecule has 1 unspecified atom stereocenters. The van der Waals surface area contributed by atoms with Gasteiger partial charge in [0.2, 0.25) is 5.91 Å². The van der Waals surface area contributed by atoms with Gasteiger partial charge in [0.15, 0.2) is 0 Å². The fourth-order valence-electron chi connectivity index (χ4n) is 2.81. The van der Waals surface area contributed by atoms with Gasteiger partial charge in [-0.1, -0.05) is 18.2 Å². The van der Waals surface area contributed by atoms with E-state index >= 15 is 0 Å². The fourth-order valence-corrected chi connectivity index (χ4v) is 2.81. The van der Waals surface area contributed by atoms with Gasteiger partial charge in [-0.3, -0.25) is 14.6 Å². The molecule has 0 fully saturated rings. The Morgan fingerprint density at radius 3 is 2.52 bits per heavy atom. The van der Waals surface area contributed by atoms with Crippen LogP contribution in [-0.4, -0.2) is 30.1 Å². The molecule has 0 saturated heterocycles. The molecule has 0 aromatic heterocycles. The zero-order valence-electron chi connectivity index (χ0n) is 14.4. The second kappa shape index (κ2) is 7.94. The predicted octanol–water partition coefficient (Wildman–Crippen LogP) is 1.74. The van der Waals surface area contributed by atoms with Crippen LogP contribution in [0.3, 0.4) is 0 Å².